The zero-order valence-electron chi connectivity index (χ0n) is 11.9. The lowest BCUT2D eigenvalue weighted by atomic mass is 10.2. The summed E-state index contributed by atoms with van der Waals surface area (Å²) < 4.78 is 10.4. The fraction of sp³-hybridized carbons (Fsp3) is 0.533. The van der Waals surface area contributed by atoms with E-state index in [1.54, 1.807) is 0 Å². The smallest absolute Gasteiger partial charge is 0.323 e. The van der Waals surface area contributed by atoms with Crippen LogP contribution in [0.15, 0.2) is 24.3 Å². The van der Waals surface area contributed by atoms with Crippen molar-refractivity contribution in [2.75, 3.05) is 26.8 Å². The van der Waals surface area contributed by atoms with Crippen LogP contribution in [0.1, 0.15) is 12.0 Å². The molecule has 0 saturated carbocycles. The van der Waals surface area contributed by atoms with Crippen molar-refractivity contribution in [2.45, 2.75) is 25.5 Å². The summed E-state index contributed by atoms with van der Waals surface area (Å²) in [6.45, 7) is 3.56. The molecule has 1 aliphatic heterocycles. The van der Waals surface area contributed by atoms with Gasteiger partial charge in [0.1, 0.15) is 18.4 Å². The minimum atomic E-state index is -0.474. The number of aliphatic hydroxyl groups is 1. The largest absolute Gasteiger partial charge is 0.492 e. The Kier molecular flexibility index (Phi) is 4.98. The van der Waals surface area contributed by atoms with Crippen LogP contribution in [0.2, 0.25) is 0 Å². The van der Waals surface area contributed by atoms with Gasteiger partial charge in [0.25, 0.3) is 0 Å². The highest BCUT2D eigenvalue weighted by Gasteiger charge is 2.36. The molecule has 1 aromatic carbocycles. The Labute approximate surface area is 119 Å². The van der Waals surface area contributed by atoms with E-state index in [4.69, 9.17) is 9.47 Å². The van der Waals surface area contributed by atoms with Crippen molar-refractivity contribution in [3.05, 3.63) is 29.8 Å². The first kappa shape index (κ1) is 14.8. The van der Waals surface area contributed by atoms with Gasteiger partial charge in [0, 0.05) is 19.5 Å². The number of likely N-dealkylation sites (tertiary alicyclic amines) is 1. The lowest BCUT2D eigenvalue weighted by molar-refractivity contribution is -0.146. The molecule has 1 saturated heterocycles. The summed E-state index contributed by atoms with van der Waals surface area (Å²) in [5.74, 6) is 0.525. The van der Waals surface area contributed by atoms with Gasteiger partial charge in [0.05, 0.1) is 13.2 Å². The Hall–Kier alpha value is -1.59. The predicted molar refractivity (Wildman–Crippen MR) is 74.7 cm³/mol. The molecule has 2 atom stereocenters. The molecule has 5 nitrogen and oxygen atoms in total. The van der Waals surface area contributed by atoms with Crippen LogP contribution in [0.4, 0.5) is 0 Å². The molecule has 0 amide bonds. The molecule has 0 spiro atoms. The highest BCUT2D eigenvalue weighted by Crippen LogP contribution is 2.19. The summed E-state index contributed by atoms with van der Waals surface area (Å²) >= 11 is 0. The van der Waals surface area contributed by atoms with Gasteiger partial charge in [0.2, 0.25) is 0 Å². The molecular formula is C15H21NO4. The number of hydrogen-bond donors (Lipinski definition) is 1. The minimum absolute atomic E-state index is 0.294. The number of hydrogen-bond acceptors (Lipinski definition) is 5. The topological polar surface area (TPSA) is 59.0 Å². The van der Waals surface area contributed by atoms with Crippen LogP contribution < -0.4 is 4.74 Å². The van der Waals surface area contributed by atoms with E-state index in [0.29, 0.717) is 26.1 Å². The zero-order chi connectivity index (χ0) is 14.5. The number of carbonyl (C=O) groups excluding carboxylic acids is 1. The predicted octanol–water partition coefficient (Wildman–Crippen LogP) is 0.982. The molecule has 20 heavy (non-hydrogen) atoms. The molecule has 2 unspecified atom stereocenters. The Morgan fingerprint density at radius 1 is 1.50 bits per heavy atom. The molecule has 0 aliphatic carbocycles. The molecule has 1 aromatic rings. The number of methoxy groups -OCH3 is 1. The average molecular weight is 279 g/mol. The van der Waals surface area contributed by atoms with E-state index in [1.165, 1.54) is 7.11 Å². The van der Waals surface area contributed by atoms with Gasteiger partial charge in [0.15, 0.2) is 0 Å². The van der Waals surface area contributed by atoms with E-state index in [2.05, 4.69) is 0 Å². The molecule has 1 N–H and O–H groups in total. The maximum atomic E-state index is 11.6. The van der Waals surface area contributed by atoms with Crippen molar-refractivity contribution in [2.24, 2.45) is 0 Å². The van der Waals surface area contributed by atoms with Crippen LogP contribution >= 0.6 is 0 Å². The van der Waals surface area contributed by atoms with Gasteiger partial charge in [-0.25, -0.2) is 0 Å². The number of rotatable bonds is 5. The van der Waals surface area contributed by atoms with Gasteiger partial charge >= 0.3 is 5.97 Å². The summed E-state index contributed by atoms with van der Waals surface area (Å²) in [5.41, 5.74) is 1.14. The van der Waals surface area contributed by atoms with Gasteiger partial charge in [-0.15, -0.1) is 0 Å². The van der Waals surface area contributed by atoms with Gasteiger partial charge in [-0.3, -0.25) is 9.69 Å². The van der Waals surface area contributed by atoms with Crippen molar-refractivity contribution in [3.63, 3.8) is 0 Å². The lowest BCUT2D eigenvalue weighted by Gasteiger charge is -2.21. The third-order valence-electron chi connectivity index (χ3n) is 3.49. The SMILES string of the molecule is COC(=O)C1CC(O)CN1CCOc1cccc(C)c1. The molecule has 5 heteroatoms. The minimum Gasteiger partial charge on any atom is -0.492 e. The fourth-order valence-electron chi connectivity index (χ4n) is 2.49. The summed E-state index contributed by atoms with van der Waals surface area (Å²) in [7, 11) is 1.37. The third kappa shape index (κ3) is 3.71. The molecule has 110 valence electrons. The first-order valence-corrected chi connectivity index (χ1v) is 6.79. The molecule has 0 aromatic heterocycles. The zero-order valence-corrected chi connectivity index (χ0v) is 11.9. The van der Waals surface area contributed by atoms with Crippen LogP contribution in [0, 0.1) is 6.92 Å². The van der Waals surface area contributed by atoms with Crippen molar-refractivity contribution in [3.8, 4) is 5.75 Å². The number of benzene rings is 1. The van der Waals surface area contributed by atoms with E-state index in [9.17, 15) is 9.90 Å². The Bertz CT molecular complexity index is 463. The lowest BCUT2D eigenvalue weighted by Crippen LogP contribution is -2.39. The number of aryl methyl sites for hydroxylation is 1. The monoisotopic (exact) mass is 279 g/mol. The standard InChI is InChI=1S/C15H21NO4/c1-11-4-3-5-13(8-11)20-7-6-16-10-12(17)9-14(16)15(18)19-2/h3-5,8,12,14,17H,6-7,9-10H2,1-2H3. The number of ether oxygens (including phenoxy) is 2. The van der Waals surface area contributed by atoms with Gasteiger partial charge in [-0.2, -0.15) is 0 Å². The normalized spacial score (nSPS) is 22.8. The number of esters is 1. The van der Waals surface area contributed by atoms with Crippen LogP contribution in [0.3, 0.4) is 0 Å². The Morgan fingerprint density at radius 2 is 2.30 bits per heavy atom. The maximum absolute atomic E-state index is 11.6. The second-order valence-electron chi connectivity index (χ2n) is 5.09. The first-order valence-electron chi connectivity index (χ1n) is 6.79. The number of carbonyl (C=O) groups is 1. The van der Waals surface area contributed by atoms with Gasteiger partial charge in [-0.1, -0.05) is 12.1 Å². The number of aliphatic hydroxyl groups excluding tert-OH is 1. The van der Waals surface area contributed by atoms with Gasteiger partial charge in [-0.05, 0) is 24.6 Å². The molecule has 1 aliphatic rings. The molecular weight excluding hydrogens is 258 g/mol. The van der Waals surface area contributed by atoms with E-state index in [0.717, 1.165) is 11.3 Å². The van der Waals surface area contributed by atoms with Crippen molar-refractivity contribution < 1.29 is 19.4 Å². The average Bonchev–Trinajstić information content (AvgIpc) is 2.79. The van der Waals surface area contributed by atoms with Crippen LogP contribution in [0.25, 0.3) is 0 Å². The molecule has 2 rings (SSSR count). The summed E-state index contributed by atoms with van der Waals surface area (Å²) in [6.07, 6.45) is -0.0463. The quantitative estimate of drug-likeness (QED) is 0.814. The second kappa shape index (κ2) is 6.72. The van der Waals surface area contributed by atoms with E-state index in [-0.39, 0.29) is 12.0 Å². The maximum Gasteiger partial charge on any atom is 0.323 e. The summed E-state index contributed by atoms with van der Waals surface area (Å²) in [4.78, 5) is 13.5. The van der Waals surface area contributed by atoms with Crippen molar-refractivity contribution >= 4 is 5.97 Å². The van der Waals surface area contributed by atoms with Crippen LogP contribution in [-0.4, -0.2) is 54.9 Å². The molecule has 0 radical (unpaired) electrons. The second-order valence-corrected chi connectivity index (χ2v) is 5.09. The Balaban J connectivity index is 1.85. The van der Waals surface area contributed by atoms with Crippen molar-refractivity contribution in [1.82, 2.24) is 4.90 Å². The highest BCUT2D eigenvalue weighted by molar-refractivity contribution is 5.76. The van der Waals surface area contributed by atoms with Gasteiger partial charge < -0.3 is 14.6 Å². The van der Waals surface area contributed by atoms with Crippen LogP contribution in [0.5, 0.6) is 5.75 Å². The van der Waals surface area contributed by atoms with E-state index < -0.39 is 6.10 Å². The summed E-state index contributed by atoms with van der Waals surface area (Å²) in [5, 5.41) is 9.68. The number of nitrogens with zero attached hydrogens (tertiary/aromatic N) is 1. The van der Waals surface area contributed by atoms with Crippen LogP contribution in [-0.2, 0) is 9.53 Å². The molecule has 1 fully saturated rings. The highest BCUT2D eigenvalue weighted by atomic mass is 16.5. The molecule has 1 heterocycles. The fourth-order valence-corrected chi connectivity index (χ4v) is 2.49. The van der Waals surface area contributed by atoms with Crippen molar-refractivity contribution in [1.29, 1.82) is 0 Å². The molecule has 0 bridgehead atoms. The van der Waals surface area contributed by atoms with E-state index in [1.807, 2.05) is 36.1 Å². The first-order chi connectivity index (χ1) is 9.60. The van der Waals surface area contributed by atoms with E-state index >= 15 is 0 Å². The third-order valence-corrected chi connectivity index (χ3v) is 3.49. The number of β-amino-alcohol motifs (C(OH)–C–C–N with tert-alkyl or cyclic N) is 1. The summed E-state index contributed by atoms with van der Waals surface area (Å²) in [6, 6.07) is 7.47. The Morgan fingerprint density at radius 3 is 3.00 bits per heavy atom.